The average molecular weight is 1260 g/mol. The standard InChI is InChI=1S/2C31H33Cl2N3O7/c2*1-5-19(20-13-14-34-36(29(20)41)16-18-9-6-7-10-21(18)31(2,3)4)28(40)35-24(15-26(38)39)25(37)17-43-30(42)27-22(32)11-8-12-23(27)33/h2*6-14,19,24H,5,15-17H2,1-4H3,(H,35,40)(H,38,39)/t19-,24+;19-,24-/m10/s1. The molecule has 86 heavy (non-hydrogen) atoms. The molecule has 0 bridgehead atoms. The van der Waals surface area contributed by atoms with Crippen molar-refractivity contribution >= 4 is 93.7 Å². The maximum absolute atomic E-state index is 13.5. The van der Waals surface area contributed by atoms with Gasteiger partial charge in [0.25, 0.3) is 11.1 Å². The van der Waals surface area contributed by atoms with E-state index in [0.717, 1.165) is 22.3 Å². The van der Waals surface area contributed by atoms with Crippen molar-refractivity contribution < 1.29 is 58.0 Å². The van der Waals surface area contributed by atoms with Gasteiger partial charge in [-0.2, -0.15) is 10.2 Å². The SMILES string of the molecule is CC[C@@H](C(=O)N[C@@H](CC(=O)O)C(=O)COC(=O)c1c(Cl)cccc1Cl)c1ccnn(Cc2ccccc2C(C)(C)C)c1=O.CC[C@H](C(=O)N[C@@H](CC(=O)O)C(=O)COC(=O)c1c(Cl)cccc1Cl)c1ccnn(Cc2ccccc2C(C)(C)C)c1=O. The molecule has 4 atom stereocenters. The Bertz CT molecular complexity index is 3350. The van der Waals surface area contributed by atoms with Crippen molar-refractivity contribution in [3.05, 3.63) is 195 Å². The molecule has 20 nitrogen and oxygen atoms in total. The first-order chi connectivity index (χ1) is 40.5. The van der Waals surface area contributed by atoms with Gasteiger partial charge in [0.2, 0.25) is 11.8 Å². The number of aromatic nitrogens is 4. The van der Waals surface area contributed by atoms with E-state index in [-0.39, 0.29) is 79.1 Å². The second-order valence-corrected chi connectivity index (χ2v) is 23.5. The summed E-state index contributed by atoms with van der Waals surface area (Å²) in [7, 11) is 0. The molecule has 6 aromatic rings. The second kappa shape index (κ2) is 30.9. The first kappa shape index (κ1) is 68.7. The van der Waals surface area contributed by atoms with E-state index in [1.54, 1.807) is 13.8 Å². The fourth-order valence-corrected chi connectivity index (χ4v) is 10.4. The predicted molar refractivity (Wildman–Crippen MR) is 323 cm³/mol. The molecule has 0 spiro atoms. The number of carboxylic acids is 2. The molecular formula is C62H66Cl4N6O14. The quantitative estimate of drug-likeness (QED) is 0.0410. The molecule has 0 fully saturated rings. The number of aliphatic carboxylic acids is 2. The number of carbonyl (C=O) groups is 8. The molecule has 0 aliphatic heterocycles. The highest BCUT2D eigenvalue weighted by atomic mass is 35.5. The van der Waals surface area contributed by atoms with Gasteiger partial charge in [0.15, 0.2) is 24.8 Å². The smallest absolute Gasteiger partial charge is 0.341 e. The van der Waals surface area contributed by atoms with Crippen LogP contribution in [-0.2, 0) is 62.2 Å². The molecule has 0 aliphatic rings. The molecule has 4 N–H and O–H groups in total. The summed E-state index contributed by atoms with van der Waals surface area (Å²) in [5, 5.41) is 32.1. The number of amides is 2. The number of halogens is 4. The van der Waals surface area contributed by atoms with Crippen LogP contribution in [0.3, 0.4) is 0 Å². The Hall–Kier alpha value is -8.04. The molecule has 0 saturated heterocycles. The third kappa shape index (κ3) is 18.5. The number of benzene rings is 4. The first-order valence-corrected chi connectivity index (χ1v) is 28.6. The zero-order chi connectivity index (χ0) is 63.8. The van der Waals surface area contributed by atoms with Crippen molar-refractivity contribution in [2.45, 2.75) is 129 Å². The number of nitrogens with zero attached hydrogens (tertiary/aromatic N) is 4. The van der Waals surface area contributed by atoms with Crippen LogP contribution in [0.4, 0.5) is 0 Å². The fraction of sp³-hybridized carbons (Fsp3) is 0.355. The van der Waals surface area contributed by atoms with E-state index in [4.69, 9.17) is 55.9 Å². The van der Waals surface area contributed by atoms with Crippen LogP contribution in [0.1, 0.15) is 147 Å². The van der Waals surface area contributed by atoms with Crippen molar-refractivity contribution in [1.29, 1.82) is 0 Å². The van der Waals surface area contributed by atoms with Gasteiger partial charge in [-0.3, -0.25) is 38.4 Å². The number of rotatable bonds is 24. The number of hydrogen-bond donors (Lipinski definition) is 4. The van der Waals surface area contributed by atoms with Gasteiger partial charge in [0.1, 0.15) is 12.1 Å². The number of ketones is 2. The number of esters is 2. The first-order valence-electron chi connectivity index (χ1n) is 27.1. The van der Waals surface area contributed by atoms with Crippen molar-refractivity contribution in [1.82, 2.24) is 30.2 Å². The molecule has 2 amide bonds. The number of Topliss-reactive ketones (excluding diaryl/α,β-unsaturated/α-hetero) is 2. The minimum absolute atomic E-state index is 0.0102. The van der Waals surface area contributed by atoms with Gasteiger partial charge in [0.05, 0.1) is 69.0 Å². The molecule has 24 heteroatoms. The molecule has 6 rings (SSSR count). The summed E-state index contributed by atoms with van der Waals surface area (Å²) in [4.78, 5) is 128. The van der Waals surface area contributed by atoms with Crippen LogP contribution in [0.25, 0.3) is 0 Å². The Morgan fingerprint density at radius 3 is 1.14 bits per heavy atom. The van der Waals surface area contributed by atoms with Crippen LogP contribution in [0.2, 0.25) is 20.1 Å². The predicted octanol–water partition coefficient (Wildman–Crippen LogP) is 9.55. The highest BCUT2D eigenvalue weighted by molar-refractivity contribution is 6.40. The number of ether oxygens (including phenoxy) is 2. The summed E-state index contributed by atoms with van der Waals surface area (Å²) in [5.74, 6) is -9.91. The van der Waals surface area contributed by atoms with Crippen LogP contribution in [0, 0.1) is 0 Å². The Labute approximate surface area is 516 Å². The summed E-state index contributed by atoms with van der Waals surface area (Å²) in [6.07, 6.45) is 1.66. The largest absolute Gasteiger partial charge is 0.481 e. The van der Waals surface area contributed by atoms with Crippen molar-refractivity contribution in [3.63, 3.8) is 0 Å². The van der Waals surface area contributed by atoms with E-state index in [9.17, 15) is 58.2 Å². The van der Waals surface area contributed by atoms with Crippen LogP contribution in [0.5, 0.6) is 0 Å². The molecule has 0 saturated carbocycles. The number of hydrogen-bond acceptors (Lipinski definition) is 14. The summed E-state index contributed by atoms with van der Waals surface area (Å²) in [6.45, 7) is 14.5. The Balaban J connectivity index is 0.000000314. The van der Waals surface area contributed by atoms with Crippen LogP contribution in [0.15, 0.2) is 119 Å². The van der Waals surface area contributed by atoms with Crippen molar-refractivity contribution in [2.24, 2.45) is 0 Å². The van der Waals surface area contributed by atoms with Crippen LogP contribution in [-0.4, -0.2) is 102 Å². The Morgan fingerprint density at radius 2 is 0.837 bits per heavy atom. The molecule has 0 aliphatic carbocycles. The third-order valence-electron chi connectivity index (χ3n) is 13.6. The average Bonchev–Trinajstić information content (AvgIpc) is 2.11. The second-order valence-electron chi connectivity index (χ2n) is 21.8. The lowest BCUT2D eigenvalue weighted by Crippen LogP contribution is -2.46. The molecule has 0 radical (unpaired) electrons. The zero-order valence-corrected chi connectivity index (χ0v) is 51.5. The van der Waals surface area contributed by atoms with E-state index in [1.165, 1.54) is 70.3 Å². The number of carbonyl (C=O) groups excluding carboxylic acids is 6. The van der Waals surface area contributed by atoms with Gasteiger partial charge in [-0.05, 0) is 82.3 Å². The van der Waals surface area contributed by atoms with Crippen LogP contribution >= 0.6 is 46.4 Å². The summed E-state index contributed by atoms with van der Waals surface area (Å²) < 4.78 is 12.6. The van der Waals surface area contributed by atoms with Crippen molar-refractivity contribution in [2.75, 3.05) is 13.2 Å². The lowest BCUT2D eigenvalue weighted by Gasteiger charge is -2.23. The highest BCUT2D eigenvalue weighted by Crippen LogP contribution is 2.30. The summed E-state index contributed by atoms with van der Waals surface area (Å²) >= 11 is 24.0. The minimum Gasteiger partial charge on any atom is -0.481 e. The van der Waals surface area contributed by atoms with Gasteiger partial charge < -0.3 is 30.3 Å². The molecule has 2 aromatic heterocycles. The van der Waals surface area contributed by atoms with E-state index in [0.29, 0.717) is 0 Å². The maximum Gasteiger partial charge on any atom is 0.341 e. The third-order valence-corrected chi connectivity index (χ3v) is 14.8. The van der Waals surface area contributed by atoms with Gasteiger partial charge >= 0.3 is 23.9 Å². The molecule has 4 aromatic carbocycles. The minimum atomic E-state index is -1.53. The monoisotopic (exact) mass is 1260 g/mol. The van der Waals surface area contributed by atoms with E-state index in [1.807, 2.05) is 48.5 Å². The van der Waals surface area contributed by atoms with E-state index >= 15 is 0 Å². The lowest BCUT2D eigenvalue weighted by atomic mass is 9.84. The normalized spacial score (nSPS) is 12.7. The Morgan fingerprint density at radius 1 is 0.512 bits per heavy atom. The molecule has 456 valence electrons. The lowest BCUT2D eigenvalue weighted by molar-refractivity contribution is -0.141. The Kier molecular flexibility index (Phi) is 24.7. The topological polar surface area (TPSA) is 289 Å². The van der Waals surface area contributed by atoms with Gasteiger partial charge in [-0.1, -0.05) is 162 Å². The van der Waals surface area contributed by atoms with Gasteiger partial charge in [-0.15, -0.1) is 0 Å². The summed E-state index contributed by atoms with van der Waals surface area (Å²) in [6, 6.07) is 24.0. The van der Waals surface area contributed by atoms with Crippen molar-refractivity contribution in [3.8, 4) is 0 Å². The van der Waals surface area contributed by atoms with Crippen LogP contribution < -0.4 is 21.8 Å². The molecule has 2 heterocycles. The fourth-order valence-electron chi connectivity index (χ4n) is 9.27. The van der Waals surface area contributed by atoms with Gasteiger partial charge in [0, 0.05) is 23.5 Å². The zero-order valence-electron chi connectivity index (χ0n) is 48.5. The van der Waals surface area contributed by atoms with Gasteiger partial charge in [-0.25, -0.2) is 19.0 Å². The molecular weight excluding hydrogens is 1190 g/mol. The highest BCUT2D eigenvalue weighted by Gasteiger charge is 2.33. The number of nitrogens with one attached hydrogen (secondary N) is 2. The maximum atomic E-state index is 13.5. The summed E-state index contributed by atoms with van der Waals surface area (Å²) in [5.41, 5.74) is 2.56. The van der Waals surface area contributed by atoms with E-state index in [2.05, 4.69) is 62.4 Å². The molecule has 0 unspecified atom stereocenters. The number of carboxylic acid groups (broad SMARTS) is 2. The van der Waals surface area contributed by atoms with E-state index < -0.39 is 108 Å².